The molecule has 1 N–H and O–H groups in total. The van der Waals surface area contributed by atoms with Crippen LogP contribution in [0.3, 0.4) is 0 Å². The van der Waals surface area contributed by atoms with Crippen LogP contribution in [-0.2, 0) is 27.8 Å². The number of pyridine rings is 1. The number of amides is 1. The third-order valence-corrected chi connectivity index (χ3v) is 5.61. The molecule has 0 aliphatic carbocycles. The van der Waals surface area contributed by atoms with Crippen LogP contribution >= 0.6 is 0 Å². The summed E-state index contributed by atoms with van der Waals surface area (Å²) >= 11 is 0. The van der Waals surface area contributed by atoms with Crippen LogP contribution < -0.4 is 15.1 Å². The highest BCUT2D eigenvalue weighted by molar-refractivity contribution is 7.84. The normalized spacial score (nSPS) is 14.5. The summed E-state index contributed by atoms with van der Waals surface area (Å²) in [5.74, 6) is 0.174. The van der Waals surface area contributed by atoms with Crippen LogP contribution in [0.4, 0.5) is 5.69 Å². The topological polar surface area (TPSA) is 79.5 Å². The molecular formula is C20H24N2O4S. The Hall–Kier alpha value is -2.41. The molecule has 1 aliphatic heterocycles. The number of benzene rings is 1. The van der Waals surface area contributed by atoms with Gasteiger partial charge in [-0.25, -0.2) is 0 Å². The zero-order valence-corrected chi connectivity index (χ0v) is 16.2. The molecule has 0 radical (unpaired) electrons. The molecule has 144 valence electrons. The fourth-order valence-corrected chi connectivity index (χ4v) is 4.19. The maximum Gasteiger partial charge on any atom is 0.239 e. The second-order valence-corrected chi connectivity index (χ2v) is 8.00. The Balaban J connectivity index is 1.62. The van der Waals surface area contributed by atoms with Gasteiger partial charge in [0.15, 0.2) is 5.75 Å². The number of nitrogens with zero attached hydrogens (tertiary/aromatic N) is 1. The third-order valence-electron chi connectivity index (χ3n) is 4.41. The maximum absolute atomic E-state index is 12.6. The number of aryl methyl sites for hydroxylation is 1. The van der Waals surface area contributed by atoms with Gasteiger partial charge in [0.2, 0.25) is 11.3 Å². The zero-order valence-electron chi connectivity index (χ0n) is 15.4. The molecule has 0 bridgehead atoms. The van der Waals surface area contributed by atoms with Crippen LogP contribution in [0.2, 0.25) is 0 Å². The molecule has 0 saturated carbocycles. The van der Waals surface area contributed by atoms with Crippen LogP contribution in [0, 0.1) is 0 Å². The van der Waals surface area contributed by atoms with Crippen LogP contribution in [0.15, 0.2) is 41.3 Å². The third kappa shape index (κ3) is 4.86. The highest BCUT2D eigenvalue weighted by atomic mass is 32.2. The van der Waals surface area contributed by atoms with Gasteiger partial charge >= 0.3 is 0 Å². The minimum absolute atomic E-state index is 0.0650. The summed E-state index contributed by atoms with van der Waals surface area (Å²) < 4.78 is 17.8. The van der Waals surface area contributed by atoms with Gasteiger partial charge in [-0.1, -0.05) is 25.1 Å². The van der Waals surface area contributed by atoms with Gasteiger partial charge in [-0.3, -0.25) is 13.8 Å². The van der Waals surface area contributed by atoms with Crippen molar-refractivity contribution in [1.29, 1.82) is 0 Å². The number of carbonyl (C=O) groups is 1. The lowest BCUT2D eigenvalue weighted by atomic mass is 10.0. The Kier molecular flexibility index (Phi) is 6.45. The number of hydrogen-bond donors (Lipinski definition) is 1. The highest BCUT2D eigenvalue weighted by Gasteiger charge is 2.23. The van der Waals surface area contributed by atoms with E-state index in [4.69, 9.17) is 4.74 Å². The smallest absolute Gasteiger partial charge is 0.239 e. The number of hydrogen-bond acceptors (Lipinski definition) is 4. The molecule has 1 unspecified atom stereocenters. The predicted octanol–water partition coefficient (Wildman–Crippen LogP) is 2.39. The summed E-state index contributed by atoms with van der Waals surface area (Å²) in [5.41, 5.74) is 2.35. The zero-order chi connectivity index (χ0) is 19.2. The summed E-state index contributed by atoms with van der Waals surface area (Å²) in [6.45, 7) is 3.08. The van der Waals surface area contributed by atoms with Crippen molar-refractivity contribution < 1.29 is 13.7 Å². The minimum atomic E-state index is -1.40. The van der Waals surface area contributed by atoms with Crippen molar-refractivity contribution in [2.45, 2.75) is 31.9 Å². The molecule has 1 aromatic heterocycles. The standard InChI is InChI=1S/C20H24N2O4S/c1-2-10-26-19-12-21-16(11-18(19)23)13-27(25)14-20(24)22-9-5-7-15-6-3-4-8-17(15)22/h3-4,6,8,11-12H,2,5,7,9-10,13-14H2,1H3,(H,21,23). The molecule has 27 heavy (non-hydrogen) atoms. The Morgan fingerprint density at radius 2 is 2.15 bits per heavy atom. The molecule has 2 aromatic rings. The average molecular weight is 388 g/mol. The monoisotopic (exact) mass is 388 g/mol. The van der Waals surface area contributed by atoms with Gasteiger partial charge in [-0.05, 0) is 30.9 Å². The summed E-state index contributed by atoms with van der Waals surface area (Å²) in [6, 6.07) is 9.23. The lowest BCUT2D eigenvalue weighted by molar-refractivity contribution is -0.116. The first-order chi connectivity index (χ1) is 13.1. The molecule has 6 nitrogen and oxygen atoms in total. The van der Waals surface area contributed by atoms with Gasteiger partial charge < -0.3 is 14.6 Å². The van der Waals surface area contributed by atoms with Crippen LogP contribution in [0.5, 0.6) is 5.75 Å². The van der Waals surface area contributed by atoms with Gasteiger partial charge in [0.05, 0.1) is 12.4 Å². The summed E-state index contributed by atoms with van der Waals surface area (Å²) in [5, 5.41) is 0. The fraction of sp³-hybridized carbons (Fsp3) is 0.400. The molecule has 7 heteroatoms. The van der Waals surface area contributed by atoms with E-state index in [1.54, 1.807) is 4.90 Å². The largest absolute Gasteiger partial charge is 0.488 e. The average Bonchev–Trinajstić information content (AvgIpc) is 2.66. The number of carbonyl (C=O) groups excluding carboxylic acids is 1. The number of nitrogens with one attached hydrogen (secondary N) is 1. The Bertz CT molecular complexity index is 894. The van der Waals surface area contributed by atoms with Crippen molar-refractivity contribution in [3.05, 3.63) is 58.0 Å². The van der Waals surface area contributed by atoms with E-state index >= 15 is 0 Å². The first kappa shape index (κ1) is 19.4. The molecule has 3 rings (SSSR count). The number of rotatable bonds is 7. The molecule has 1 aromatic carbocycles. The Morgan fingerprint density at radius 3 is 2.93 bits per heavy atom. The van der Waals surface area contributed by atoms with Gasteiger partial charge in [-0.15, -0.1) is 0 Å². The van der Waals surface area contributed by atoms with Gasteiger partial charge in [0, 0.05) is 41.0 Å². The number of anilines is 1. The first-order valence-electron chi connectivity index (χ1n) is 9.16. The molecule has 2 heterocycles. The van der Waals surface area contributed by atoms with E-state index in [1.807, 2.05) is 31.2 Å². The Morgan fingerprint density at radius 1 is 1.33 bits per heavy atom. The van der Waals surface area contributed by atoms with E-state index in [-0.39, 0.29) is 28.6 Å². The number of H-pyrrole nitrogens is 1. The van der Waals surface area contributed by atoms with Gasteiger partial charge in [0.1, 0.15) is 5.75 Å². The van der Waals surface area contributed by atoms with E-state index < -0.39 is 10.8 Å². The summed E-state index contributed by atoms with van der Waals surface area (Å²) in [7, 11) is -1.40. The number of aromatic nitrogens is 1. The highest BCUT2D eigenvalue weighted by Crippen LogP contribution is 2.26. The quantitative estimate of drug-likeness (QED) is 0.790. The Labute approximate surface area is 161 Å². The van der Waals surface area contributed by atoms with Crippen LogP contribution in [-0.4, -0.2) is 34.0 Å². The van der Waals surface area contributed by atoms with E-state index in [9.17, 15) is 13.8 Å². The van der Waals surface area contributed by atoms with E-state index in [0.29, 0.717) is 18.8 Å². The van der Waals surface area contributed by atoms with Crippen molar-refractivity contribution in [2.24, 2.45) is 0 Å². The number of ether oxygens (including phenoxy) is 1. The van der Waals surface area contributed by atoms with Crippen LogP contribution in [0.1, 0.15) is 31.0 Å². The SMILES string of the molecule is CCCOc1c[nH]c(CS(=O)CC(=O)N2CCCc3ccccc32)cc1=O. The van der Waals surface area contributed by atoms with Gasteiger partial charge in [-0.2, -0.15) is 0 Å². The fourth-order valence-electron chi connectivity index (χ4n) is 3.14. The summed E-state index contributed by atoms with van der Waals surface area (Å²) in [6.07, 6.45) is 4.17. The van der Waals surface area contributed by atoms with E-state index in [1.165, 1.54) is 12.3 Å². The molecule has 1 amide bonds. The predicted molar refractivity (Wildman–Crippen MR) is 107 cm³/mol. The second-order valence-electron chi connectivity index (χ2n) is 6.54. The number of para-hydroxylation sites is 1. The van der Waals surface area contributed by atoms with Gasteiger partial charge in [0.25, 0.3) is 0 Å². The summed E-state index contributed by atoms with van der Waals surface area (Å²) in [4.78, 5) is 29.3. The lowest BCUT2D eigenvalue weighted by Gasteiger charge is -2.29. The minimum Gasteiger partial charge on any atom is -0.488 e. The molecule has 1 aliphatic rings. The van der Waals surface area contributed by atoms with Crippen molar-refractivity contribution in [2.75, 3.05) is 23.8 Å². The molecule has 1 atom stereocenters. The molecule has 0 saturated heterocycles. The lowest BCUT2D eigenvalue weighted by Crippen LogP contribution is -2.38. The molecular weight excluding hydrogens is 364 g/mol. The molecule has 0 fully saturated rings. The van der Waals surface area contributed by atoms with E-state index in [0.717, 1.165) is 30.5 Å². The van der Waals surface area contributed by atoms with E-state index in [2.05, 4.69) is 4.98 Å². The van der Waals surface area contributed by atoms with Crippen molar-refractivity contribution in [1.82, 2.24) is 4.98 Å². The van der Waals surface area contributed by atoms with Crippen molar-refractivity contribution >= 4 is 22.4 Å². The maximum atomic E-state index is 12.6. The van der Waals surface area contributed by atoms with Crippen molar-refractivity contribution in [3.63, 3.8) is 0 Å². The van der Waals surface area contributed by atoms with Crippen molar-refractivity contribution in [3.8, 4) is 5.75 Å². The second kappa shape index (κ2) is 8.99. The number of aromatic amines is 1. The number of fused-ring (bicyclic) bond motifs is 1. The first-order valence-corrected chi connectivity index (χ1v) is 10.6. The molecule has 0 spiro atoms. The van der Waals surface area contributed by atoms with Crippen LogP contribution in [0.25, 0.3) is 0 Å².